The Labute approximate surface area is 175 Å². The molecule has 2 saturated heterocycles. The van der Waals surface area contributed by atoms with Crippen LogP contribution in [0.4, 0.5) is 4.79 Å². The summed E-state index contributed by atoms with van der Waals surface area (Å²) in [5.41, 5.74) is 0.00306. The van der Waals surface area contributed by atoms with Gasteiger partial charge in [-0.3, -0.25) is 4.90 Å². The number of carbonyl (C=O) groups excluding carboxylic acids is 1. The van der Waals surface area contributed by atoms with E-state index in [2.05, 4.69) is 39.8 Å². The monoisotopic (exact) mass is 399 g/mol. The van der Waals surface area contributed by atoms with Gasteiger partial charge in [0.1, 0.15) is 5.60 Å². The Hall–Kier alpha value is -1.53. The lowest BCUT2D eigenvalue weighted by Crippen LogP contribution is -2.43. The Balaban J connectivity index is 1.47. The predicted octanol–water partition coefficient (Wildman–Crippen LogP) is 5.36. The highest BCUT2D eigenvalue weighted by Gasteiger charge is 2.55. The van der Waals surface area contributed by atoms with Crippen LogP contribution in [0.2, 0.25) is 5.82 Å². The van der Waals surface area contributed by atoms with E-state index in [0.29, 0.717) is 5.82 Å². The number of hydrogen-bond donors (Lipinski definition) is 0. The molecule has 4 rings (SSSR count). The van der Waals surface area contributed by atoms with Crippen molar-refractivity contribution in [3.05, 3.63) is 35.9 Å². The summed E-state index contributed by atoms with van der Waals surface area (Å²) in [6.07, 6.45) is 3.69. The zero-order valence-electron chi connectivity index (χ0n) is 18.6. The van der Waals surface area contributed by atoms with E-state index in [0.717, 1.165) is 31.2 Å². The Morgan fingerprint density at radius 2 is 1.45 bits per heavy atom. The van der Waals surface area contributed by atoms with Crippen molar-refractivity contribution in [2.75, 3.05) is 0 Å². The Kier molecular flexibility index (Phi) is 5.02. The topological polar surface area (TPSA) is 48.0 Å². The first kappa shape index (κ1) is 20.7. The van der Waals surface area contributed by atoms with Crippen LogP contribution in [0.5, 0.6) is 0 Å². The molecule has 1 saturated carbocycles. The Bertz CT molecular complexity index is 739. The minimum absolute atomic E-state index is 0.0606. The number of cyclic esters (lactones) is 1. The van der Waals surface area contributed by atoms with E-state index in [9.17, 15) is 4.79 Å². The summed E-state index contributed by atoms with van der Waals surface area (Å²) in [5, 5.41) is 0. The maximum Gasteiger partial charge on any atom is 0.461 e. The molecule has 1 atom stereocenters. The van der Waals surface area contributed by atoms with Crippen molar-refractivity contribution >= 4 is 13.2 Å². The van der Waals surface area contributed by atoms with Gasteiger partial charge < -0.3 is 14.0 Å². The van der Waals surface area contributed by atoms with Crippen molar-refractivity contribution in [2.24, 2.45) is 0 Å². The molecule has 1 amide bonds. The summed E-state index contributed by atoms with van der Waals surface area (Å²) in [6.45, 7) is 12.4. The molecule has 5 nitrogen and oxygen atoms in total. The molecule has 29 heavy (non-hydrogen) atoms. The van der Waals surface area contributed by atoms with Crippen molar-refractivity contribution in [1.82, 2.24) is 4.90 Å². The highest BCUT2D eigenvalue weighted by molar-refractivity contribution is 6.47. The van der Waals surface area contributed by atoms with Gasteiger partial charge >= 0.3 is 13.2 Å². The molecule has 0 N–H and O–H groups in total. The van der Waals surface area contributed by atoms with Gasteiger partial charge in [-0.25, -0.2) is 4.79 Å². The quantitative estimate of drug-likeness (QED) is 0.642. The lowest BCUT2D eigenvalue weighted by atomic mass is 9.63. The maximum atomic E-state index is 12.8. The summed E-state index contributed by atoms with van der Waals surface area (Å²) >= 11 is 0. The number of ether oxygens (including phenoxy) is 1. The molecule has 3 fully saturated rings. The standard InChI is InChI=1S/C23H34BNO4/c1-21(2)19(16-10-8-7-9-11-16)25(20(26)27-21)18-14-12-17(13-15-18)24-28-22(3,4)23(5,6)29-24/h7-11,17-19H,12-15H2,1-6H3/t17?,18?,19-/m0/s1. The molecule has 2 aliphatic heterocycles. The summed E-state index contributed by atoms with van der Waals surface area (Å²) in [6, 6.07) is 10.4. The zero-order valence-corrected chi connectivity index (χ0v) is 18.6. The molecule has 0 spiro atoms. The van der Waals surface area contributed by atoms with Crippen LogP contribution in [0.15, 0.2) is 30.3 Å². The summed E-state index contributed by atoms with van der Waals surface area (Å²) in [4.78, 5) is 14.8. The largest absolute Gasteiger partial charge is 0.461 e. The molecule has 6 heteroatoms. The van der Waals surface area contributed by atoms with E-state index in [-0.39, 0.29) is 36.5 Å². The van der Waals surface area contributed by atoms with Crippen LogP contribution in [0.25, 0.3) is 0 Å². The van der Waals surface area contributed by atoms with Crippen molar-refractivity contribution in [3.8, 4) is 0 Å². The third kappa shape index (κ3) is 3.59. The molecule has 3 aliphatic rings. The van der Waals surface area contributed by atoms with Gasteiger partial charge in [-0.05, 0) is 65.8 Å². The second kappa shape index (κ2) is 7.02. The summed E-state index contributed by atoms with van der Waals surface area (Å²) in [7, 11) is -0.159. The first-order valence-corrected chi connectivity index (χ1v) is 10.9. The SMILES string of the molecule is CC1(C)OC(=O)N(C2CCC(B3OC(C)(C)C(C)(C)O3)CC2)[C@H]1c1ccccc1. The molecule has 0 unspecified atom stereocenters. The predicted molar refractivity (Wildman–Crippen MR) is 114 cm³/mol. The molecule has 1 aliphatic carbocycles. The minimum Gasteiger partial charge on any atom is -0.441 e. The minimum atomic E-state index is -0.541. The van der Waals surface area contributed by atoms with E-state index in [1.165, 1.54) is 0 Å². The molecule has 0 aromatic heterocycles. The van der Waals surface area contributed by atoms with Crippen LogP contribution in [-0.4, -0.2) is 41.0 Å². The normalized spacial score (nSPS) is 33.0. The first-order valence-electron chi connectivity index (χ1n) is 10.9. The Morgan fingerprint density at radius 1 is 0.897 bits per heavy atom. The molecule has 1 aromatic rings. The average molecular weight is 399 g/mol. The number of rotatable bonds is 3. The van der Waals surface area contributed by atoms with Crippen molar-refractivity contribution in [1.29, 1.82) is 0 Å². The zero-order chi connectivity index (χ0) is 21.0. The number of benzene rings is 1. The van der Waals surface area contributed by atoms with Gasteiger partial charge in [0, 0.05) is 6.04 Å². The number of nitrogens with zero attached hydrogens (tertiary/aromatic N) is 1. The van der Waals surface area contributed by atoms with Crippen LogP contribution in [-0.2, 0) is 14.0 Å². The van der Waals surface area contributed by atoms with Crippen LogP contribution in [0, 0.1) is 0 Å². The van der Waals surface area contributed by atoms with Crippen molar-refractivity contribution < 1.29 is 18.8 Å². The van der Waals surface area contributed by atoms with Gasteiger partial charge in [0.25, 0.3) is 0 Å². The lowest BCUT2D eigenvalue weighted by molar-refractivity contribution is 0.00578. The molecule has 158 valence electrons. The summed E-state index contributed by atoms with van der Waals surface area (Å²) in [5.74, 6) is 0.370. The van der Waals surface area contributed by atoms with Crippen LogP contribution >= 0.6 is 0 Å². The van der Waals surface area contributed by atoms with E-state index in [4.69, 9.17) is 14.0 Å². The van der Waals surface area contributed by atoms with Gasteiger partial charge in [-0.1, -0.05) is 43.2 Å². The van der Waals surface area contributed by atoms with Gasteiger partial charge in [-0.2, -0.15) is 0 Å². The average Bonchev–Trinajstić information content (AvgIpc) is 3.02. The smallest absolute Gasteiger partial charge is 0.441 e. The van der Waals surface area contributed by atoms with Crippen LogP contribution in [0.3, 0.4) is 0 Å². The van der Waals surface area contributed by atoms with E-state index < -0.39 is 5.60 Å². The van der Waals surface area contributed by atoms with Crippen molar-refractivity contribution in [3.63, 3.8) is 0 Å². The summed E-state index contributed by atoms with van der Waals surface area (Å²) < 4.78 is 18.4. The third-order valence-corrected chi connectivity index (χ3v) is 7.40. The van der Waals surface area contributed by atoms with E-state index >= 15 is 0 Å². The molecule has 0 bridgehead atoms. The van der Waals surface area contributed by atoms with Gasteiger partial charge in [0.2, 0.25) is 0 Å². The maximum absolute atomic E-state index is 12.8. The third-order valence-electron chi connectivity index (χ3n) is 7.40. The number of amides is 1. The first-order chi connectivity index (χ1) is 13.5. The van der Waals surface area contributed by atoms with E-state index in [1.54, 1.807) is 0 Å². The van der Waals surface area contributed by atoms with Gasteiger partial charge in [0.05, 0.1) is 17.2 Å². The van der Waals surface area contributed by atoms with Gasteiger partial charge in [-0.15, -0.1) is 0 Å². The fraction of sp³-hybridized carbons (Fsp3) is 0.696. The second-order valence-corrected chi connectivity index (χ2v) is 10.4. The van der Waals surface area contributed by atoms with Crippen LogP contribution in [0.1, 0.15) is 78.8 Å². The molecule has 1 aromatic carbocycles. The van der Waals surface area contributed by atoms with Crippen LogP contribution < -0.4 is 0 Å². The highest BCUT2D eigenvalue weighted by Crippen LogP contribution is 2.48. The molecule has 2 heterocycles. The fourth-order valence-corrected chi connectivity index (χ4v) is 5.06. The lowest BCUT2D eigenvalue weighted by Gasteiger charge is -2.38. The van der Waals surface area contributed by atoms with E-state index in [1.807, 2.05) is 36.9 Å². The highest BCUT2D eigenvalue weighted by atomic mass is 16.7. The molecular weight excluding hydrogens is 365 g/mol. The number of hydrogen-bond acceptors (Lipinski definition) is 4. The molecular formula is C23H34BNO4. The van der Waals surface area contributed by atoms with Gasteiger partial charge in [0.15, 0.2) is 0 Å². The number of carbonyl (C=O) groups is 1. The van der Waals surface area contributed by atoms with Crippen molar-refractivity contribution in [2.45, 2.75) is 102 Å². The second-order valence-electron chi connectivity index (χ2n) is 10.4. The fourth-order valence-electron chi connectivity index (χ4n) is 5.06. The Morgan fingerprint density at radius 3 is 2.00 bits per heavy atom. The molecule has 0 radical (unpaired) electrons.